The first-order chi connectivity index (χ1) is 8.25. The van der Waals surface area contributed by atoms with Crippen molar-refractivity contribution in [3.63, 3.8) is 0 Å². The fraction of sp³-hybridized carbons (Fsp3) is 0.500. The summed E-state index contributed by atoms with van der Waals surface area (Å²) in [6.07, 6.45) is 4.15. The highest BCUT2D eigenvalue weighted by molar-refractivity contribution is 5.80. The maximum atomic E-state index is 11.9. The minimum atomic E-state index is -0.0461. The van der Waals surface area contributed by atoms with Crippen LogP contribution in [-0.4, -0.2) is 11.9 Å². The minimum absolute atomic E-state index is 0.0461. The summed E-state index contributed by atoms with van der Waals surface area (Å²) in [5, 5.41) is 3.11. The Morgan fingerprint density at radius 3 is 2.71 bits per heavy atom. The van der Waals surface area contributed by atoms with E-state index < -0.39 is 0 Å². The van der Waals surface area contributed by atoms with Gasteiger partial charge in [0.1, 0.15) is 0 Å². The molecule has 3 rings (SSSR count). The normalized spacial score (nSPS) is 27.4. The summed E-state index contributed by atoms with van der Waals surface area (Å²) in [7, 11) is 0. The third-order valence-corrected chi connectivity index (χ3v) is 4.09. The highest BCUT2D eigenvalue weighted by atomic mass is 16.2. The van der Waals surface area contributed by atoms with Crippen LogP contribution in [0.2, 0.25) is 0 Å². The molecule has 1 aromatic rings. The second kappa shape index (κ2) is 4.15. The number of benzene rings is 1. The van der Waals surface area contributed by atoms with E-state index in [0.29, 0.717) is 0 Å². The number of hydrogen-bond acceptors (Lipinski definition) is 2. The van der Waals surface area contributed by atoms with Gasteiger partial charge in [-0.25, -0.2) is 0 Å². The molecular formula is C14H18N2O. The number of fused-ring (bicyclic) bond motifs is 1. The van der Waals surface area contributed by atoms with Crippen molar-refractivity contribution in [1.29, 1.82) is 0 Å². The van der Waals surface area contributed by atoms with Crippen LogP contribution >= 0.6 is 0 Å². The third-order valence-electron chi connectivity index (χ3n) is 4.09. The SMILES string of the molecule is N[C@H]1c2ccccc2C[C@@H]1NC(=O)C1CCC1. The van der Waals surface area contributed by atoms with Crippen molar-refractivity contribution in [2.24, 2.45) is 11.7 Å². The van der Waals surface area contributed by atoms with Gasteiger partial charge in [-0.15, -0.1) is 0 Å². The highest BCUT2D eigenvalue weighted by Crippen LogP contribution is 2.31. The average molecular weight is 230 g/mol. The molecule has 3 N–H and O–H groups in total. The summed E-state index contributed by atoms with van der Waals surface area (Å²) in [5.74, 6) is 0.440. The van der Waals surface area contributed by atoms with Crippen molar-refractivity contribution in [1.82, 2.24) is 5.32 Å². The molecule has 0 heterocycles. The lowest BCUT2D eigenvalue weighted by Crippen LogP contribution is -2.44. The molecule has 3 nitrogen and oxygen atoms in total. The van der Waals surface area contributed by atoms with E-state index in [1.165, 1.54) is 17.5 Å². The zero-order valence-electron chi connectivity index (χ0n) is 9.86. The van der Waals surface area contributed by atoms with Gasteiger partial charge in [-0.1, -0.05) is 30.7 Å². The van der Waals surface area contributed by atoms with Crippen molar-refractivity contribution < 1.29 is 4.79 Å². The van der Waals surface area contributed by atoms with Crippen LogP contribution < -0.4 is 11.1 Å². The van der Waals surface area contributed by atoms with E-state index in [1.54, 1.807) is 0 Å². The topological polar surface area (TPSA) is 55.1 Å². The summed E-state index contributed by atoms with van der Waals surface area (Å²) >= 11 is 0. The molecular weight excluding hydrogens is 212 g/mol. The van der Waals surface area contributed by atoms with Crippen LogP contribution in [0.1, 0.15) is 36.4 Å². The maximum Gasteiger partial charge on any atom is 0.223 e. The van der Waals surface area contributed by atoms with E-state index in [0.717, 1.165) is 19.3 Å². The smallest absolute Gasteiger partial charge is 0.223 e. The van der Waals surface area contributed by atoms with E-state index in [2.05, 4.69) is 17.4 Å². The Labute approximate surface area is 101 Å². The van der Waals surface area contributed by atoms with E-state index in [4.69, 9.17) is 5.73 Å². The van der Waals surface area contributed by atoms with Crippen LogP contribution in [0.25, 0.3) is 0 Å². The molecule has 2 atom stereocenters. The lowest BCUT2D eigenvalue weighted by molar-refractivity contribution is -0.128. The lowest BCUT2D eigenvalue weighted by Gasteiger charge is -2.27. The fourth-order valence-electron chi connectivity index (χ4n) is 2.74. The molecule has 0 unspecified atom stereocenters. The third kappa shape index (κ3) is 1.84. The molecule has 1 saturated carbocycles. The van der Waals surface area contributed by atoms with Gasteiger partial charge >= 0.3 is 0 Å². The monoisotopic (exact) mass is 230 g/mol. The molecule has 1 amide bonds. The maximum absolute atomic E-state index is 11.9. The van der Waals surface area contributed by atoms with Gasteiger partial charge in [0.25, 0.3) is 0 Å². The number of nitrogens with two attached hydrogens (primary N) is 1. The summed E-state index contributed by atoms with van der Waals surface area (Å²) in [6.45, 7) is 0. The molecule has 90 valence electrons. The van der Waals surface area contributed by atoms with Crippen LogP contribution in [0.3, 0.4) is 0 Å². The first-order valence-corrected chi connectivity index (χ1v) is 6.39. The molecule has 17 heavy (non-hydrogen) atoms. The first-order valence-electron chi connectivity index (χ1n) is 6.39. The predicted molar refractivity (Wildman–Crippen MR) is 66.3 cm³/mol. The molecule has 0 spiro atoms. The van der Waals surface area contributed by atoms with Crippen LogP contribution in [0.15, 0.2) is 24.3 Å². The van der Waals surface area contributed by atoms with E-state index in [9.17, 15) is 4.79 Å². The highest BCUT2D eigenvalue weighted by Gasteiger charge is 2.33. The van der Waals surface area contributed by atoms with Crippen molar-refractivity contribution in [2.75, 3.05) is 0 Å². The molecule has 0 saturated heterocycles. The van der Waals surface area contributed by atoms with Crippen molar-refractivity contribution in [3.05, 3.63) is 35.4 Å². The number of carbonyl (C=O) groups is 1. The average Bonchev–Trinajstić information content (AvgIpc) is 2.54. The number of nitrogens with one attached hydrogen (secondary N) is 1. The molecule has 1 fully saturated rings. The Morgan fingerprint density at radius 2 is 2.06 bits per heavy atom. The number of amides is 1. The molecule has 2 aliphatic carbocycles. The van der Waals surface area contributed by atoms with Crippen molar-refractivity contribution in [3.8, 4) is 0 Å². The lowest BCUT2D eigenvalue weighted by atomic mass is 9.84. The molecule has 0 aliphatic heterocycles. The molecule has 0 radical (unpaired) electrons. The van der Waals surface area contributed by atoms with Crippen LogP contribution in [0, 0.1) is 5.92 Å². The Hall–Kier alpha value is -1.35. The van der Waals surface area contributed by atoms with Gasteiger partial charge in [-0.3, -0.25) is 4.79 Å². The second-order valence-electron chi connectivity index (χ2n) is 5.17. The first kappa shape index (κ1) is 10.8. The van der Waals surface area contributed by atoms with Gasteiger partial charge < -0.3 is 11.1 Å². The largest absolute Gasteiger partial charge is 0.351 e. The van der Waals surface area contributed by atoms with Gasteiger partial charge in [0.05, 0.1) is 12.1 Å². The summed E-state index contributed by atoms with van der Waals surface area (Å²) < 4.78 is 0. The molecule has 1 aromatic carbocycles. The molecule has 2 aliphatic rings. The quantitative estimate of drug-likeness (QED) is 0.809. The van der Waals surface area contributed by atoms with Crippen LogP contribution in [-0.2, 0) is 11.2 Å². The molecule has 0 bridgehead atoms. The van der Waals surface area contributed by atoms with E-state index in [1.807, 2.05) is 12.1 Å². The minimum Gasteiger partial charge on any atom is -0.351 e. The van der Waals surface area contributed by atoms with Gasteiger partial charge in [0.2, 0.25) is 5.91 Å². The zero-order valence-corrected chi connectivity index (χ0v) is 9.86. The predicted octanol–water partition coefficient (Wildman–Crippen LogP) is 1.53. The van der Waals surface area contributed by atoms with Gasteiger partial charge in [0.15, 0.2) is 0 Å². The van der Waals surface area contributed by atoms with E-state index in [-0.39, 0.29) is 23.9 Å². The number of rotatable bonds is 2. The van der Waals surface area contributed by atoms with Crippen LogP contribution in [0.4, 0.5) is 0 Å². The molecule has 3 heteroatoms. The van der Waals surface area contributed by atoms with Crippen LogP contribution in [0.5, 0.6) is 0 Å². The number of carbonyl (C=O) groups excluding carboxylic acids is 1. The van der Waals surface area contributed by atoms with Gasteiger partial charge in [-0.05, 0) is 30.4 Å². The van der Waals surface area contributed by atoms with Gasteiger partial charge in [0, 0.05) is 5.92 Å². The van der Waals surface area contributed by atoms with Crippen molar-refractivity contribution in [2.45, 2.75) is 37.8 Å². The molecule has 0 aromatic heterocycles. The summed E-state index contributed by atoms with van der Waals surface area (Å²) in [6, 6.07) is 8.24. The standard InChI is InChI=1S/C14H18N2O/c15-13-11-7-2-1-4-10(11)8-12(13)16-14(17)9-5-3-6-9/h1-2,4,7,9,12-13H,3,5-6,8,15H2,(H,16,17)/t12-,13-/m0/s1. The van der Waals surface area contributed by atoms with E-state index >= 15 is 0 Å². The Morgan fingerprint density at radius 1 is 1.29 bits per heavy atom. The summed E-state index contributed by atoms with van der Waals surface area (Å²) in [4.78, 5) is 11.9. The zero-order chi connectivity index (χ0) is 11.8. The van der Waals surface area contributed by atoms with Crippen molar-refractivity contribution >= 4 is 5.91 Å². The second-order valence-corrected chi connectivity index (χ2v) is 5.17. The fourth-order valence-corrected chi connectivity index (χ4v) is 2.74. The van der Waals surface area contributed by atoms with Gasteiger partial charge in [-0.2, -0.15) is 0 Å². The Balaban J connectivity index is 1.69. The Kier molecular flexibility index (Phi) is 2.63. The number of hydrogen-bond donors (Lipinski definition) is 2. The summed E-state index contributed by atoms with van der Waals surface area (Å²) in [5.41, 5.74) is 8.65. The Bertz CT molecular complexity index is 440.